The van der Waals surface area contributed by atoms with Gasteiger partial charge in [-0.05, 0) is 19.1 Å². The Morgan fingerprint density at radius 1 is 1.33 bits per heavy atom. The van der Waals surface area contributed by atoms with Crippen LogP contribution in [0.1, 0.15) is 16.8 Å². The number of nitrogens with zero attached hydrogens (tertiary/aromatic N) is 1. The molecule has 1 aromatic carbocycles. The monoisotopic (exact) mass is 332 g/mol. The van der Waals surface area contributed by atoms with E-state index in [1.807, 2.05) is 0 Å². The maximum Gasteiger partial charge on any atom is 0.341 e. The summed E-state index contributed by atoms with van der Waals surface area (Å²) in [5, 5.41) is 17.5. The Bertz CT molecular complexity index is 821. The van der Waals surface area contributed by atoms with Crippen molar-refractivity contribution in [3.8, 4) is 5.75 Å². The second-order valence-corrected chi connectivity index (χ2v) is 4.87. The first-order valence-corrected chi connectivity index (χ1v) is 6.99. The van der Waals surface area contributed by atoms with Gasteiger partial charge in [0.15, 0.2) is 6.61 Å². The molecule has 0 fully saturated rings. The number of carbonyl (C=O) groups is 2. The predicted octanol–water partition coefficient (Wildman–Crippen LogP) is 0.168. The first-order chi connectivity index (χ1) is 11.5. The number of H-pyrrole nitrogens is 2. The van der Waals surface area contributed by atoms with E-state index in [9.17, 15) is 14.4 Å². The quantitative estimate of drug-likeness (QED) is 0.423. The Balaban J connectivity index is 1.97. The smallest absolute Gasteiger partial charge is 0.341 e. The number of amides is 1. The number of nitrogens with one attached hydrogen (secondary N) is 3. The highest BCUT2D eigenvalue weighted by molar-refractivity contribution is 5.85. The van der Waals surface area contributed by atoms with Crippen molar-refractivity contribution in [2.24, 2.45) is 5.10 Å². The molecule has 9 nitrogen and oxygen atoms in total. The second kappa shape index (κ2) is 7.77. The van der Waals surface area contributed by atoms with E-state index in [0.717, 1.165) is 0 Å². The van der Waals surface area contributed by atoms with Crippen LogP contribution in [-0.4, -0.2) is 40.0 Å². The lowest BCUT2D eigenvalue weighted by Gasteiger charge is -2.06. The Labute approximate surface area is 136 Å². The number of benzene rings is 1. The van der Waals surface area contributed by atoms with Gasteiger partial charge in [0.1, 0.15) is 5.75 Å². The number of para-hydroxylation sites is 1. The van der Waals surface area contributed by atoms with Gasteiger partial charge in [-0.1, -0.05) is 12.1 Å². The van der Waals surface area contributed by atoms with Crippen LogP contribution in [0.4, 0.5) is 0 Å². The molecule has 0 unspecified atom stereocenters. The molecule has 0 radical (unpaired) electrons. The molecule has 0 aliphatic rings. The van der Waals surface area contributed by atoms with Gasteiger partial charge in [-0.3, -0.25) is 14.7 Å². The summed E-state index contributed by atoms with van der Waals surface area (Å²) in [5.41, 5.74) is 3.40. The van der Waals surface area contributed by atoms with Crippen molar-refractivity contribution >= 4 is 18.1 Å². The second-order valence-electron chi connectivity index (χ2n) is 4.87. The van der Waals surface area contributed by atoms with Crippen molar-refractivity contribution in [2.45, 2.75) is 13.3 Å². The Morgan fingerprint density at radius 2 is 2.08 bits per heavy atom. The summed E-state index contributed by atoms with van der Waals surface area (Å²) >= 11 is 0. The number of carboxylic acids is 1. The highest BCUT2D eigenvalue weighted by Crippen LogP contribution is 2.15. The van der Waals surface area contributed by atoms with E-state index in [-0.39, 0.29) is 12.0 Å². The molecule has 126 valence electrons. The highest BCUT2D eigenvalue weighted by atomic mass is 16.5. The van der Waals surface area contributed by atoms with Crippen molar-refractivity contribution < 1.29 is 19.4 Å². The van der Waals surface area contributed by atoms with E-state index in [1.165, 1.54) is 6.21 Å². The number of hydrazone groups is 1. The maximum absolute atomic E-state index is 11.8. The molecule has 1 amide bonds. The molecule has 4 N–H and O–H groups in total. The summed E-state index contributed by atoms with van der Waals surface area (Å²) in [6, 6.07) is 6.66. The number of aliphatic carboxylic acids is 1. The highest BCUT2D eigenvalue weighted by Gasteiger charge is 2.10. The molecule has 0 saturated heterocycles. The van der Waals surface area contributed by atoms with Gasteiger partial charge in [-0.25, -0.2) is 10.2 Å². The van der Waals surface area contributed by atoms with Crippen LogP contribution in [0.15, 0.2) is 34.2 Å². The van der Waals surface area contributed by atoms with Crippen LogP contribution in [0.25, 0.3) is 0 Å². The SMILES string of the molecule is Cc1[nH][nH]c(=O)c1CC(=O)N/N=C/c1ccccc1OCC(=O)O. The average Bonchev–Trinajstić information content (AvgIpc) is 2.86. The number of carbonyl (C=O) groups excluding carboxylic acids is 1. The lowest BCUT2D eigenvalue weighted by atomic mass is 10.2. The Kier molecular flexibility index (Phi) is 5.50. The minimum absolute atomic E-state index is 0.112. The fourth-order valence-corrected chi connectivity index (χ4v) is 1.92. The van der Waals surface area contributed by atoms with Crippen LogP contribution >= 0.6 is 0 Å². The summed E-state index contributed by atoms with van der Waals surface area (Å²) in [6.45, 7) is 1.20. The zero-order valence-corrected chi connectivity index (χ0v) is 12.8. The fourth-order valence-electron chi connectivity index (χ4n) is 1.92. The van der Waals surface area contributed by atoms with Crippen LogP contribution < -0.4 is 15.7 Å². The minimum atomic E-state index is -1.10. The summed E-state index contributed by atoms with van der Waals surface area (Å²) < 4.78 is 5.12. The van der Waals surface area contributed by atoms with Gasteiger partial charge in [-0.2, -0.15) is 5.10 Å². The van der Waals surface area contributed by atoms with Gasteiger partial charge >= 0.3 is 5.97 Å². The van der Waals surface area contributed by atoms with E-state index in [2.05, 4.69) is 20.7 Å². The van der Waals surface area contributed by atoms with Crippen molar-refractivity contribution in [2.75, 3.05) is 6.61 Å². The molecule has 0 saturated carbocycles. The largest absolute Gasteiger partial charge is 0.481 e. The molecule has 24 heavy (non-hydrogen) atoms. The fraction of sp³-hybridized carbons (Fsp3) is 0.200. The van der Waals surface area contributed by atoms with E-state index in [4.69, 9.17) is 9.84 Å². The lowest BCUT2D eigenvalue weighted by molar-refractivity contribution is -0.139. The molecule has 1 heterocycles. The van der Waals surface area contributed by atoms with Crippen molar-refractivity contribution in [1.82, 2.24) is 15.6 Å². The Hall–Kier alpha value is -3.36. The van der Waals surface area contributed by atoms with Gasteiger partial charge in [0.25, 0.3) is 5.56 Å². The first-order valence-electron chi connectivity index (χ1n) is 6.99. The number of aromatic nitrogens is 2. The van der Waals surface area contributed by atoms with Crippen LogP contribution in [0.3, 0.4) is 0 Å². The topological polar surface area (TPSA) is 137 Å². The molecular weight excluding hydrogens is 316 g/mol. The van der Waals surface area contributed by atoms with Gasteiger partial charge in [-0.15, -0.1) is 0 Å². The molecule has 0 spiro atoms. The van der Waals surface area contributed by atoms with E-state index < -0.39 is 18.5 Å². The number of ether oxygens (including phenoxy) is 1. The molecule has 2 rings (SSSR count). The molecule has 2 aromatic rings. The van der Waals surface area contributed by atoms with Crippen LogP contribution in [-0.2, 0) is 16.0 Å². The summed E-state index contributed by atoms with van der Waals surface area (Å²) in [5.74, 6) is -1.22. The van der Waals surface area contributed by atoms with Gasteiger partial charge < -0.3 is 14.9 Å². The zero-order chi connectivity index (χ0) is 17.5. The molecule has 1 aromatic heterocycles. The third kappa shape index (κ3) is 4.57. The van der Waals surface area contributed by atoms with Crippen molar-refractivity contribution in [1.29, 1.82) is 0 Å². The molecule has 0 aliphatic carbocycles. The average molecular weight is 332 g/mol. The summed E-state index contributed by atoms with van der Waals surface area (Å²) in [6.07, 6.45) is 1.22. The number of aryl methyl sites for hydroxylation is 1. The lowest BCUT2D eigenvalue weighted by Crippen LogP contribution is -2.23. The van der Waals surface area contributed by atoms with Crippen molar-refractivity contribution in [3.05, 3.63) is 51.4 Å². The minimum Gasteiger partial charge on any atom is -0.481 e. The number of aromatic amines is 2. The number of hydrogen-bond acceptors (Lipinski definition) is 5. The third-order valence-electron chi connectivity index (χ3n) is 3.09. The van der Waals surface area contributed by atoms with Crippen LogP contribution in [0.2, 0.25) is 0 Å². The summed E-state index contributed by atoms with van der Waals surface area (Å²) in [4.78, 5) is 33.8. The maximum atomic E-state index is 11.8. The summed E-state index contributed by atoms with van der Waals surface area (Å²) in [7, 11) is 0. The molecular formula is C15H16N4O5. The normalized spacial score (nSPS) is 10.7. The van der Waals surface area contributed by atoms with Crippen LogP contribution in [0, 0.1) is 6.92 Å². The predicted molar refractivity (Wildman–Crippen MR) is 85.2 cm³/mol. The van der Waals surface area contributed by atoms with Gasteiger partial charge in [0.05, 0.1) is 12.6 Å². The number of hydrogen-bond donors (Lipinski definition) is 4. The van der Waals surface area contributed by atoms with Crippen LogP contribution in [0.5, 0.6) is 5.75 Å². The van der Waals surface area contributed by atoms with E-state index in [1.54, 1.807) is 31.2 Å². The Morgan fingerprint density at radius 3 is 2.75 bits per heavy atom. The molecule has 0 aliphatic heterocycles. The standard InChI is InChI=1S/C15H16N4O5/c1-9-11(15(23)19-17-9)6-13(20)18-16-7-10-4-2-3-5-12(10)24-8-14(21)22/h2-5,7H,6,8H2,1H3,(H,18,20)(H,21,22)(H2,17,19,23)/b16-7+. The molecule has 0 atom stereocenters. The molecule has 9 heteroatoms. The van der Waals surface area contributed by atoms with E-state index in [0.29, 0.717) is 22.6 Å². The van der Waals surface area contributed by atoms with Crippen molar-refractivity contribution in [3.63, 3.8) is 0 Å². The number of carboxylic acid groups (broad SMARTS) is 1. The van der Waals surface area contributed by atoms with Gasteiger partial charge in [0, 0.05) is 16.8 Å². The third-order valence-corrected chi connectivity index (χ3v) is 3.09. The van der Waals surface area contributed by atoms with Gasteiger partial charge in [0.2, 0.25) is 5.91 Å². The number of rotatable bonds is 7. The first kappa shape index (κ1) is 17.0. The van der Waals surface area contributed by atoms with E-state index >= 15 is 0 Å². The zero-order valence-electron chi connectivity index (χ0n) is 12.8. The molecule has 0 bridgehead atoms.